The Labute approximate surface area is 139 Å². The molecule has 2 amide bonds. The second kappa shape index (κ2) is 7.78. The van der Waals surface area contributed by atoms with Crippen molar-refractivity contribution in [3.8, 4) is 0 Å². The zero-order chi connectivity index (χ0) is 16.1. The molecule has 22 heavy (non-hydrogen) atoms. The van der Waals surface area contributed by atoms with Crippen LogP contribution < -0.4 is 0 Å². The summed E-state index contributed by atoms with van der Waals surface area (Å²) in [5.74, 6) is 1.18. The van der Waals surface area contributed by atoms with Crippen LogP contribution in [0.1, 0.15) is 23.7 Å². The van der Waals surface area contributed by atoms with E-state index in [4.69, 9.17) is 0 Å². The van der Waals surface area contributed by atoms with E-state index in [1.165, 1.54) is 0 Å². The van der Waals surface area contributed by atoms with Crippen molar-refractivity contribution in [1.29, 1.82) is 0 Å². The molecule has 5 nitrogen and oxygen atoms in total. The van der Waals surface area contributed by atoms with Crippen LogP contribution in [0.2, 0.25) is 0 Å². The highest BCUT2D eigenvalue weighted by Gasteiger charge is 2.35. The maximum Gasteiger partial charge on any atom is 0.248 e. The molecule has 1 aromatic heterocycles. The van der Waals surface area contributed by atoms with Crippen molar-refractivity contribution in [3.05, 3.63) is 22.2 Å². The van der Waals surface area contributed by atoms with Gasteiger partial charge in [-0.25, -0.2) is 4.98 Å². The fraction of sp³-hybridized carbons (Fsp3) is 0.533. The highest BCUT2D eigenvalue weighted by Crippen LogP contribution is 2.23. The number of likely N-dealkylation sites (N-methyl/N-ethyl adjacent to an activating group) is 1. The van der Waals surface area contributed by atoms with Gasteiger partial charge in [-0.05, 0) is 26.8 Å². The average Bonchev–Trinajstić information content (AvgIpc) is 3.14. The van der Waals surface area contributed by atoms with Gasteiger partial charge in [-0.1, -0.05) is 0 Å². The molecule has 1 aliphatic heterocycles. The number of hydrogen-bond donors (Lipinski definition) is 0. The molecule has 1 aliphatic rings. The van der Waals surface area contributed by atoms with Gasteiger partial charge in [0.05, 0.1) is 10.9 Å². The van der Waals surface area contributed by atoms with E-state index in [2.05, 4.69) is 4.98 Å². The highest BCUT2D eigenvalue weighted by molar-refractivity contribution is 7.99. The van der Waals surface area contributed by atoms with Crippen molar-refractivity contribution in [2.45, 2.75) is 26.8 Å². The Balaban J connectivity index is 2.04. The molecule has 0 saturated carbocycles. The van der Waals surface area contributed by atoms with E-state index < -0.39 is 0 Å². The zero-order valence-corrected chi connectivity index (χ0v) is 14.7. The highest BCUT2D eigenvalue weighted by atomic mass is 32.2. The van der Waals surface area contributed by atoms with Crippen molar-refractivity contribution in [1.82, 2.24) is 14.8 Å². The van der Waals surface area contributed by atoms with E-state index in [1.54, 1.807) is 51.2 Å². The molecule has 0 N–H and O–H groups in total. The summed E-state index contributed by atoms with van der Waals surface area (Å²) in [5.41, 5.74) is 0. The SMILES string of the molecule is CCN(CC)C(=O)[C@@H]1CSCN1C(=O)/C=C/c1cnc(C)s1. The molecule has 0 unspecified atom stereocenters. The molecule has 1 aromatic rings. The molecule has 0 aromatic carbocycles. The summed E-state index contributed by atoms with van der Waals surface area (Å²) in [5, 5.41) is 0.971. The Morgan fingerprint density at radius 1 is 1.45 bits per heavy atom. The topological polar surface area (TPSA) is 53.5 Å². The second-order valence-corrected chi connectivity index (χ2v) is 7.22. The third-order valence-corrected chi connectivity index (χ3v) is 5.45. The summed E-state index contributed by atoms with van der Waals surface area (Å²) < 4.78 is 0. The monoisotopic (exact) mass is 339 g/mol. The third-order valence-electron chi connectivity index (χ3n) is 3.55. The van der Waals surface area contributed by atoms with E-state index >= 15 is 0 Å². The molecule has 2 rings (SSSR count). The third kappa shape index (κ3) is 3.89. The Morgan fingerprint density at radius 3 is 2.77 bits per heavy atom. The van der Waals surface area contributed by atoms with Gasteiger partial charge >= 0.3 is 0 Å². The lowest BCUT2D eigenvalue weighted by atomic mass is 10.2. The van der Waals surface area contributed by atoms with Gasteiger partial charge in [-0.3, -0.25) is 9.59 Å². The number of carbonyl (C=O) groups excluding carboxylic acids is 2. The van der Waals surface area contributed by atoms with E-state index in [0.717, 1.165) is 9.88 Å². The van der Waals surface area contributed by atoms with Crippen LogP contribution in [-0.2, 0) is 9.59 Å². The summed E-state index contributed by atoms with van der Waals surface area (Å²) in [7, 11) is 0. The van der Waals surface area contributed by atoms with Gasteiger partial charge < -0.3 is 9.80 Å². The summed E-state index contributed by atoms with van der Waals surface area (Å²) in [6.45, 7) is 7.20. The predicted octanol–water partition coefficient (Wildman–Crippen LogP) is 2.23. The van der Waals surface area contributed by atoms with Gasteiger partial charge in [0, 0.05) is 36.0 Å². The Kier molecular flexibility index (Phi) is 6.02. The fourth-order valence-electron chi connectivity index (χ4n) is 2.31. The first-order valence-corrected chi connectivity index (χ1v) is 9.31. The first-order valence-electron chi connectivity index (χ1n) is 7.34. The molecule has 1 saturated heterocycles. The second-order valence-electron chi connectivity index (χ2n) is 4.95. The normalized spacial score (nSPS) is 18.1. The van der Waals surface area contributed by atoms with Crippen LogP contribution in [0.15, 0.2) is 12.3 Å². The lowest BCUT2D eigenvalue weighted by molar-refractivity contribution is -0.140. The van der Waals surface area contributed by atoms with Crippen molar-refractivity contribution >= 4 is 41.0 Å². The molecule has 1 atom stereocenters. The standard InChI is InChI=1S/C15H21N3O2S2/c1-4-17(5-2)15(20)13-9-21-10-18(13)14(19)7-6-12-8-16-11(3)22-12/h6-8,13H,4-5,9-10H2,1-3H3/b7-6+/t13-/m0/s1. The minimum Gasteiger partial charge on any atom is -0.341 e. The summed E-state index contributed by atoms with van der Waals surface area (Å²) in [6.07, 6.45) is 5.07. The van der Waals surface area contributed by atoms with E-state index in [9.17, 15) is 9.59 Å². The molecule has 120 valence electrons. The van der Waals surface area contributed by atoms with Crippen molar-refractivity contribution in [2.24, 2.45) is 0 Å². The van der Waals surface area contributed by atoms with Crippen LogP contribution in [0.4, 0.5) is 0 Å². The lowest BCUT2D eigenvalue weighted by Crippen LogP contribution is -2.48. The van der Waals surface area contributed by atoms with Crippen LogP contribution in [0.25, 0.3) is 6.08 Å². The number of thioether (sulfide) groups is 1. The van der Waals surface area contributed by atoms with Gasteiger partial charge in [0.25, 0.3) is 0 Å². The lowest BCUT2D eigenvalue weighted by Gasteiger charge is -2.27. The van der Waals surface area contributed by atoms with E-state index in [1.807, 2.05) is 20.8 Å². The Morgan fingerprint density at radius 2 is 2.18 bits per heavy atom. The Hall–Kier alpha value is -1.34. The first kappa shape index (κ1) is 17.0. The van der Waals surface area contributed by atoms with Gasteiger partial charge in [-0.2, -0.15) is 0 Å². The maximum atomic E-state index is 12.5. The minimum absolute atomic E-state index is 0.0467. The zero-order valence-electron chi connectivity index (χ0n) is 13.1. The largest absolute Gasteiger partial charge is 0.341 e. The summed E-state index contributed by atoms with van der Waals surface area (Å²) in [6, 6.07) is -0.342. The quantitative estimate of drug-likeness (QED) is 0.772. The number of carbonyl (C=O) groups is 2. The number of nitrogens with zero attached hydrogens (tertiary/aromatic N) is 3. The summed E-state index contributed by atoms with van der Waals surface area (Å²) in [4.78, 5) is 33.4. The molecule has 0 spiro atoms. The number of hydrogen-bond acceptors (Lipinski definition) is 5. The van der Waals surface area contributed by atoms with Crippen LogP contribution in [0.5, 0.6) is 0 Å². The predicted molar refractivity (Wildman–Crippen MR) is 91.8 cm³/mol. The van der Waals surface area contributed by atoms with Gasteiger partial charge in [0.2, 0.25) is 11.8 Å². The molecule has 7 heteroatoms. The number of thiazole rings is 1. The number of amides is 2. The Bertz CT molecular complexity index is 567. The van der Waals surface area contributed by atoms with Crippen LogP contribution in [0.3, 0.4) is 0 Å². The van der Waals surface area contributed by atoms with Gasteiger partial charge in [-0.15, -0.1) is 23.1 Å². The van der Waals surface area contributed by atoms with Crippen molar-refractivity contribution < 1.29 is 9.59 Å². The number of aryl methyl sites for hydroxylation is 1. The fourth-order valence-corrected chi connectivity index (χ4v) is 4.16. The first-order chi connectivity index (χ1) is 10.6. The maximum absolute atomic E-state index is 12.5. The van der Waals surface area contributed by atoms with Gasteiger partial charge in [0.1, 0.15) is 6.04 Å². The number of rotatable bonds is 5. The van der Waals surface area contributed by atoms with Crippen molar-refractivity contribution in [2.75, 3.05) is 24.7 Å². The molecule has 2 heterocycles. The smallest absolute Gasteiger partial charge is 0.248 e. The van der Waals surface area contributed by atoms with Crippen LogP contribution in [-0.4, -0.2) is 57.4 Å². The van der Waals surface area contributed by atoms with Gasteiger partial charge in [0.15, 0.2) is 0 Å². The summed E-state index contributed by atoms with van der Waals surface area (Å²) >= 11 is 3.17. The average molecular weight is 339 g/mol. The van der Waals surface area contributed by atoms with E-state index in [0.29, 0.717) is 24.7 Å². The van der Waals surface area contributed by atoms with E-state index in [-0.39, 0.29) is 17.9 Å². The van der Waals surface area contributed by atoms with Crippen LogP contribution in [0, 0.1) is 6.92 Å². The minimum atomic E-state index is -0.342. The van der Waals surface area contributed by atoms with Crippen molar-refractivity contribution in [3.63, 3.8) is 0 Å². The number of aromatic nitrogens is 1. The molecule has 0 aliphatic carbocycles. The molecular weight excluding hydrogens is 318 g/mol. The molecule has 1 fully saturated rings. The molecular formula is C15H21N3O2S2. The van der Waals surface area contributed by atoms with Crippen LogP contribution >= 0.6 is 23.1 Å². The molecule has 0 bridgehead atoms. The molecule has 0 radical (unpaired) electrons.